The highest BCUT2D eigenvalue weighted by Gasteiger charge is 2.19. The van der Waals surface area contributed by atoms with E-state index in [-0.39, 0.29) is 0 Å². The summed E-state index contributed by atoms with van der Waals surface area (Å²) >= 11 is 2.46. The molecule has 266 valence electrons. The van der Waals surface area contributed by atoms with E-state index in [0.29, 0.717) is 11.5 Å². The van der Waals surface area contributed by atoms with Gasteiger partial charge in [-0.2, -0.15) is 10.5 Å². The molecule has 0 spiro atoms. The summed E-state index contributed by atoms with van der Waals surface area (Å²) in [6.07, 6.45) is 8.40. The molecular formula is C48H32N6S2. The molecule has 0 atom stereocenters. The lowest BCUT2D eigenvalue weighted by molar-refractivity contribution is 1.31. The van der Waals surface area contributed by atoms with E-state index in [1.165, 1.54) is 23.5 Å². The Morgan fingerprint density at radius 1 is 0.411 bits per heavy atom. The van der Waals surface area contributed by atoms with Gasteiger partial charge in [-0.1, -0.05) is 109 Å². The molecule has 3 aromatic heterocycles. The van der Waals surface area contributed by atoms with Crippen LogP contribution in [0.3, 0.4) is 0 Å². The minimum absolute atomic E-state index is 0.591. The Balaban J connectivity index is 1.43. The summed E-state index contributed by atoms with van der Waals surface area (Å²) in [5, 5.41) is 23.1. The van der Waals surface area contributed by atoms with Gasteiger partial charge in [0.05, 0.1) is 22.8 Å². The lowest BCUT2D eigenvalue weighted by Crippen LogP contribution is -1.90. The highest BCUT2D eigenvalue weighted by Crippen LogP contribution is 2.39. The summed E-state index contributed by atoms with van der Waals surface area (Å²) in [5.41, 5.74) is 17.2. The third kappa shape index (κ3) is 6.85. The van der Waals surface area contributed by atoms with Crippen molar-refractivity contribution in [2.75, 3.05) is 0 Å². The molecule has 56 heavy (non-hydrogen) atoms. The first-order valence-electron chi connectivity index (χ1n) is 18.1. The average molecular weight is 757 g/mol. The fraction of sp³-hybridized carbons (Fsp3) is 0.0417. The minimum atomic E-state index is 0.591. The number of aromatic nitrogens is 4. The van der Waals surface area contributed by atoms with Crippen molar-refractivity contribution in [1.82, 2.24) is 19.9 Å². The number of thiocyanates is 2. The van der Waals surface area contributed by atoms with E-state index in [1.807, 2.05) is 24.3 Å². The van der Waals surface area contributed by atoms with E-state index in [2.05, 4.69) is 154 Å². The average Bonchev–Trinajstić information content (AvgIpc) is 4.09. The Labute approximate surface area is 333 Å². The SMILES string of the molecule is N#CSCc1cccc(-c2c3nc(c(-c4ccccc4)c4ccc([nH]4)c(-c4cccc(CSC#N)c4)c4nc(c(-c5ccccc5)c5ccc2[nH]5)C=C4)C=C3)c1. The van der Waals surface area contributed by atoms with Gasteiger partial charge in [0.25, 0.3) is 0 Å². The summed E-state index contributed by atoms with van der Waals surface area (Å²) in [5.74, 6) is 1.18. The van der Waals surface area contributed by atoms with E-state index in [0.717, 1.165) is 100 Å². The normalized spacial score (nSPS) is 11.7. The quantitative estimate of drug-likeness (QED) is 0.150. The molecule has 7 aromatic rings. The van der Waals surface area contributed by atoms with Crippen molar-refractivity contribution in [3.8, 4) is 55.3 Å². The van der Waals surface area contributed by atoms with Crippen LogP contribution in [0.15, 0.2) is 133 Å². The number of hydrogen-bond donors (Lipinski definition) is 2. The molecule has 9 rings (SSSR count). The smallest absolute Gasteiger partial charge is 0.133 e. The molecule has 5 heterocycles. The van der Waals surface area contributed by atoms with Crippen LogP contribution >= 0.6 is 23.5 Å². The second-order valence-corrected chi connectivity index (χ2v) is 14.9. The molecule has 8 bridgehead atoms. The Morgan fingerprint density at radius 2 is 0.750 bits per heavy atom. The van der Waals surface area contributed by atoms with Gasteiger partial charge in [0.1, 0.15) is 10.8 Å². The number of rotatable bonds is 8. The molecule has 6 nitrogen and oxygen atoms in total. The van der Waals surface area contributed by atoms with Crippen LogP contribution in [0.5, 0.6) is 0 Å². The van der Waals surface area contributed by atoms with Crippen LogP contribution in [-0.4, -0.2) is 19.9 Å². The standard InChI is InChI=1S/C48H32N6S2/c49-29-55-27-31-9-7-15-35(25-31)47-41-21-17-37(51-41)45(33-11-3-1-4-12-33)38-18-22-42(52-38)48(36-16-8-10-32(26-36)28-56-30-50)44-24-20-40(54-44)46(34-13-5-2-6-14-34)39-19-23-43(47)53-39/h1-26,51,54H,27-28H2. The molecule has 0 fully saturated rings. The lowest BCUT2D eigenvalue weighted by atomic mass is 10.0. The van der Waals surface area contributed by atoms with E-state index < -0.39 is 0 Å². The van der Waals surface area contributed by atoms with Crippen LogP contribution in [0.1, 0.15) is 33.9 Å². The van der Waals surface area contributed by atoms with Crippen LogP contribution in [0.4, 0.5) is 0 Å². The van der Waals surface area contributed by atoms with Crippen LogP contribution in [0.25, 0.3) is 90.9 Å². The van der Waals surface area contributed by atoms with E-state index in [9.17, 15) is 10.5 Å². The first kappa shape index (κ1) is 34.9. The van der Waals surface area contributed by atoms with Crippen LogP contribution in [0.2, 0.25) is 0 Å². The monoisotopic (exact) mass is 756 g/mol. The first-order chi connectivity index (χ1) is 27.7. The summed E-state index contributed by atoms with van der Waals surface area (Å²) in [7, 11) is 0. The fourth-order valence-electron chi connectivity index (χ4n) is 7.49. The predicted octanol–water partition coefficient (Wildman–Crippen LogP) is 12.8. The third-order valence-electron chi connectivity index (χ3n) is 9.92. The summed E-state index contributed by atoms with van der Waals surface area (Å²) in [4.78, 5) is 18.4. The molecule has 0 radical (unpaired) electrons. The molecule has 0 aliphatic carbocycles. The Bertz CT molecular complexity index is 2740. The van der Waals surface area contributed by atoms with Crippen molar-refractivity contribution < 1.29 is 0 Å². The number of benzene rings is 4. The number of nitrogens with one attached hydrogen (secondary N) is 2. The van der Waals surface area contributed by atoms with Gasteiger partial charge < -0.3 is 9.97 Å². The third-order valence-corrected chi connectivity index (χ3v) is 11.1. The van der Waals surface area contributed by atoms with Crippen molar-refractivity contribution in [3.05, 3.63) is 167 Å². The Hall–Kier alpha value is -6.84. The largest absolute Gasteiger partial charge is 0.354 e. The highest BCUT2D eigenvalue weighted by molar-refractivity contribution is 8.03. The molecular weight excluding hydrogens is 725 g/mol. The second-order valence-electron chi connectivity index (χ2n) is 13.4. The highest BCUT2D eigenvalue weighted by atomic mass is 32.2. The Morgan fingerprint density at radius 3 is 1.11 bits per heavy atom. The molecule has 2 N–H and O–H groups in total. The van der Waals surface area contributed by atoms with Gasteiger partial charge >= 0.3 is 0 Å². The van der Waals surface area contributed by atoms with Crippen molar-refractivity contribution in [2.24, 2.45) is 0 Å². The van der Waals surface area contributed by atoms with Gasteiger partial charge in [-0.15, -0.1) is 0 Å². The maximum absolute atomic E-state index is 9.32. The molecule has 4 aromatic carbocycles. The number of H-pyrrole nitrogens is 2. The summed E-state index contributed by atoms with van der Waals surface area (Å²) < 4.78 is 0. The number of thioether (sulfide) groups is 2. The molecule has 8 heteroatoms. The zero-order valence-electron chi connectivity index (χ0n) is 30.0. The molecule has 0 saturated carbocycles. The number of fused-ring (bicyclic) bond motifs is 8. The molecule has 2 aliphatic heterocycles. The first-order valence-corrected chi connectivity index (χ1v) is 20.1. The number of nitrogens with zero attached hydrogens (tertiary/aromatic N) is 4. The van der Waals surface area contributed by atoms with Crippen LogP contribution in [-0.2, 0) is 11.5 Å². The second kappa shape index (κ2) is 15.5. The minimum Gasteiger partial charge on any atom is -0.354 e. The van der Waals surface area contributed by atoms with Crippen molar-refractivity contribution in [3.63, 3.8) is 0 Å². The number of hydrogen-bond acceptors (Lipinski definition) is 6. The van der Waals surface area contributed by atoms with Gasteiger partial charge in [0.2, 0.25) is 0 Å². The van der Waals surface area contributed by atoms with Crippen molar-refractivity contribution >= 4 is 69.9 Å². The summed E-state index contributed by atoms with van der Waals surface area (Å²) in [6.45, 7) is 0. The number of aromatic amines is 2. The van der Waals surface area contributed by atoms with Crippen molar-refractivity contribution in [1.29, 1.82) is 10.5 Å². The Kier molecular flexibility index (Phi) is 9.65. The molecule has 0 unspecified atom stereocenters. The predicted molar refractivity (Wildman–Crippen MR) is 234 cm³/mol. The summed E-state index contributed by atoms with van der Waals surface area (Å²) in [6, 6.07) is 46.0. The topological polar surface area (TPSA) is 105 Å². The van der Waals surface area contributed by atoms with Gasteiger partial charge in [0, 0.05) is 55.8 Å². The number of nitriles is 2. The lowest BCUT2D eigenvalue weighted by Gasteiger charge is -2.08. The van der Waals surface area contributed by atoms with Crippen molar-refractivity contribution in [2.45, 2.75) is 11.5 Å². The zero-order valence-corrected chi connectivity index (χ0v) is 31.7. The maximum atomic E-state index is 9.32. The van der Waals surface area contributed by atoms with Gasteiger partial charge in [0.15, 0.2) is 0 Å². The fourth-order valence-corrected chi connectivity index (χ4v) is 8.32. The van der Waals surface area contributed by atoms with Gasteiger partial charge in [-0.05, 0) is 105 Å². The van der Waals surface area contributed by atoms with Gasteiger partial charge in [-0.25, -0.2) is 9.97 Å². The zero-order chi connectivity index (χ0) is 37.8. The molecule has 0 amide bonds. The van der Waals surface area contributed by atoms with E-state index in [1.54, 1.807) is 0 Å². The van der Waals surface area contributed by atoms with Crippen LogP contribution < -0.4 is 0 Å². The molecule has 0 saturated heterocycles. The maximum Gasteiger partial charge on any atom is 0.133 e. The molecule has 2 aliphatic rings. The van der Waals surface area contributed by atoms with Gasteiger partial charge in [-0.3, -0.25) is 0 Å². The van der Waals surface area contributed by atoms with E-state index in [4.69, 9.17) is 9.97 Å². The van der Waals surface area contributed by atoms with E-state index >= 15 is 0 Å². The van der Waals surface area contributed by atoms with Crippen LogP contribution in [0, 0.1) is 21.3 Å².